The van der Waals surface area contributed by atoms with Crippen molar-refractivity contribution in [2.75, 3.05) is 0 Å². The fraction of sp³-hybridized carbons (Fsp3) is 0.357. The Bertz CT molecular complexity index is 519. The maximum absolute atomic E-state index is 12.0. The van der Waals surface area contributed by atoms with E-state index in [9.17, 15) is 4.79 Å². The predicted molar refractivity (Wildman–Crippen MR) is 73.2 cm³/mol. The average molecular weight is 258 g/mol. The monoisotopic (exact) mass is 258 g/mol. The molecule has 0 bridgehead atoms. The molecule has 1 N–H and O–H groups in total. The third-order valence-corrected chi connectivity index (χ3v) is 2.85. The van der Waals surface area contributed by atoms with Gasteiger partial charge >= 0.3 is 0 Å². The first-order valence-electron chi connectivity index (χ1n) is 6.47. The number of hydrogen-bond acceptors (Lipinski definition) is 3. The van der Waals surface area contributed by atoms with Gasteiger partial charge in [-0.1, -0.05) is 13.3 Å². The third-order valence-electron chi connectivity index (χ3n) is 2.85. The Labute approximate surface area is 112 Å². The lowest BCUT2D eigenvalue weighted by Crippen LogP contribution is -2.32. The number of carbonyl (C=O) groups excluding carboxylic acids is 1. The normalized spacial score (nSPS) is 12.1. The molecule has 1 atom stereocenters. The predicted octanol–water partition coefficient (Wildman–Crippen LogP) is 2.19. The van der Waals surface area contributed by atoms with Gasteiger partial charge in [-0.3, -0.25) is 4.79 Å². The Morgan fingerprint density at radius 3 is 2.89 bits per heavy atom. The Balaban J connectivity index is 2.04. The zero-order chi connectivity index (χ0) is 13.7. The van der Waals surface area contributed by atoms with Crippen LogP contribution < -0.4 is 5.32 Å². The molecule has 0 spiro atoms. The van der Waals surface area contributed by atoms with E-state index >= 15 is 0 Å². The zero-order valence-corrected chi connectivity index (χ0v) is 11.2. The van der Waals surface area contributed by atoms with Crippen molar-refractivity contribution in [3.05, 3.63) is 42.4 Å². The second-order valence-electron chi connectivity index (χ2n) is 4.52. The average Bonchev–Trinajstić information content (AvgIpc) is 2.93. The SMILES string of the molecule is CCC[C@@H](C)NC(=O)c1ccc(-n2cccn2)nc1. The molecule has 100 valence electrons. The molecule has 2 aromatic rings. The summed E-state index contributed by atoms with van der Waals surface area (Å²) in [6.07, 6.45) is 7.10. The van der Waals surface area contributed by atoms with Gasteiger partial charge in [0, 0.05) is 24.6 Å². The van der Waals surface area contributed by atoms with E-state index in [-0.39, 0.29) is 11.9 Å². The van der Waals surface area contributed by atoms with Crippen LogP contribution in [0.3, 0.4) is 0 Å². The molecule has 0 aliphatic carbocycles. The first-order chi connectivity index (χ1) is 9.20. The summed E-state index contributed by atoms with van der Waals surface area (Å²) in [5.41, 5.74) is 0.568. The summed E-state index contributed by atoms with van der Waals surface area (Å²) in [4.78, 5) is 16.2. The highest BCUT2D eigenvalue weighted by Crippen LogP contribution is 2.05. The van der Waals surface area contributed by atoms with Crippen molar-refractivity contribution < 1.29 is 4.79 Å². The number of aromatic nitrogens is 3. The summed E-state index contributed by atoms with van der Waals surface area (Å²) in [5, 5.41) is 7.04. The zero-order valence-electron chi connectivity index (χ0n) is 11.2. The molecule has 0 radical (unpaired) electrons. The fourth-order valence-corrected chi connectivity index (χ4v) is 1.87. The van der Waals surface area contributed by atoms with Crippen molar-refractivity contribution >= 4 is 5.91 Å². The van der Waals surface area contributed by atoms with Crippen LogP contribution in [0, 0.1) is 0 Å². The van der Waals surface area contributed by atoms with Gasteiger partial charge in [0.1, 0.15) is 0 Å². The van der Waals surface area contributed by atoms with Crippen LogP contribution in [0.5, 0.6) is 0 Å². The van der Waals surface area contributed by atoms with Crippen LogP contribution in [-0.4, -0.2) is 26.7 Å². The Kier molecular flexibility index (Phi) is 4.28. The van der Waals surface area contributed by atoms with Gasteiger partial charge in [-0.15, -0.1) is 0 Å². The largest absolute Gasteiger partial charge is 0.350 e. The lowest BCUT2D eigenvalue weighted by molar-refractivity contribution is 0.0938. The highest BCUT2D eigenvalue weighted by Gasteiger charge is 2.09. The first-order valence-corrected chi connectivity index (χ1v) is 6.47. The second kappa shape index (κ2) is 6.13. The summed E-state index contributed by atoms with van der Waals surface area (Å²) in [5.74, 6) is 0.614. The fourth-order valence-electron chi connectivity index (χ4n) is 1.87. The van der Waals surface area contributed by atoms with E-state index in [1.165, 1.54) is 0 Å². The van der Waals surface area contributed by atoms with Gasteiger partial charge in [-0.05, 0) is 31.5 Å². The maximum Gasteiger partial charge on any atom is 0.253 e. The summed E-state index contributed by atoms with van der Waals surface area (Å²) in [6, 6.07) is 5.56. The Morgan fingerprint density at radius 1 is 1.47 bits per heavy atom. The van der Waals surface area contributed by atoms with Crippen molar-refractivity contribution in [2.24, 2.45) is 0 Å². The molecule has 0 aromatic carbocycles. The number of rotatable bonds is 5. The van der Waals surface area contributed by atoms with E-state index in [0.717, 1.165) is 12.8 Å². The number of hydrogen-bond donors (Lipinski definition) is 1. The molecule has 2 aromatic heterocycles. The lowest BCUT2D eigenvalue weighted by Gasteiger charge is -2.12. The molecule has 0 aliphatic heterocycles. The van der Waals surface area contributed by atoms with Gasteiger partial charge < -0.3 is 5.32 Å². The quantitative estimate of drug-likeness (QED) is 0.894. The molecule has 0 saturated carbocycles. The van der Waals surface area contributed by atoms with Crippen LogP contribution >= 0.6 is 0 Å². The van der Waals surface area contributed by atoms with Crippen LogP contribution in [0.15, 0.2) is 36.8 Å². The molecule has 0 unspecified atom stereocenters. The van der Waals surface area contributed by atoms with Crippen molar-refractivity contribution in [1.29, 1.82) is 0 Å². The molecule has 19 heavy (non-hydrogen) atoms. The molecular weight excluding hydrogens is 240 g/mol. The van der Waals surface area contributed by atoms with Crippen LogP contribution in [0.25, 0.3) is 5.82 Å². The van der Waals surface area contributed by atoms with E-state index in [4.69, 9.17) is 0 Å². The summed E-state index contributed by atoms with van der Waals surface area (Å²) in [7, 11) is 0. The standard InChI is InChI=1S/C14H18N4O/c1-3-5-11(2)17-14(19)12-6-7-13(15-10-12)18-9-4-8-16-18/h4,6-11H,3,5H2,1-2H3,(H,17,19)/t11-/m1/s1. The number of pyridine rings is 1. The lowest BCUT2D eigenvalue weighted by atomic mass is 10.2. The molecular formula is C14H18N4O. The van der Waals surface area contributed by atoms with E-state index in [1.54, 1.807) is 29.2 Å². The van der Waals surface area contributed by atoms with Crippen LogP contribution in [0.4, 0.5) is 0 Å². The van der Waals surface area contributed by atoms with Gasteiger partial charge in [0.25, 0.3) is 5.91 Å². The highest BCUT2D eigenvalue weighted by atomic mass is 16.1. The number of nitrogens with zero attached hydrogens (tertiary/aromatic N) is 3. The van der Waals surface area contributed by atoms with Crippen LogP contribution in [0.1, 0.15) is 37.0 Å². The molecule has 5 heteroatoms. The minimum Gasteiger partial charge on any atom is -0.350 e. The minimum absolute atomic E-state index is 0.0829. The van der Waals surface area contributed by atoms with E-state index in [2.05, 4.69) is 22.3 Å². The summed E-state index contributed by atoms with van der Waals surface area (Å²) < 4.78 is 1.65. The van der Waals surface area contributed by atoms with Gasteiger partial charge in [0.2, 0.25) is 0 Å². The van der Waals surface area contributed by atoms with Crippen molar-refractivity contribution in [2.45, 2.75) is 32.7 Å². The molecule has 0 fully saturated rings. The summed E-state index contributed by atoms with van der Waals surface area (Å²) in [6.45, 7) is 4.11. The molecule has 5 nitrogen and oxygen atoms in total. The van der Waals surface area contributed by atoms with E-state index in [0.29, 0.717) is 11.4 Å². The van der Waals surface area contributed by atoms with E-state index < -0.39 is 0 Å². The highest BCUT2D eigenvalue weighted by molar-refractivity contribution is 5.94. The molecule has 2 heterocycles. The maximum atomic E-state index is 12.0. The number of carbonyl (C=O) groups is 1. The summed E-state index contributed by atoms with van der Waals surface area (Å²) >= 11 is 0. The third kappa shape index (κ3) is 3.40. The molecule has 1 amide bonds. The smallest absolute Gasteiger partial charge is 0.253 e. The van der Waals surface area contributed by atoms with Gasteiger partial charge in [-0.25, -0.2) is 9.67 Å². The topological polar surface area (TPSA) is 59.8 Å². The van der Waals surface area contributed by atoms with Crippen LogP contribution in [0.2, 0.25) is 0 Å². The van der Waals surface area contributed by atoms with Crippen molar-refractivity contribution in [3.8, 4) is 5.82 Å². The van der Waals surface area contributed by atoms with Gasteiger partial charge in [-0.2, -0.15) is 5.10 Å². The Morgan fingerprint density at radius 2 is 2.32 bits per heavy atom. The number of nitrogens with one attached hydrogen (secondary N) is 1. The molecule has 0 aliphatic rings. The van der Waals surface area contributed by atoms with Crippen molar-refractivity contribution in [3.63, 3.8) is 0 Å². The second-order valence-corrected chi connectivity index (χ2v) is 4.52. The molecule has 2 rings (SSSR count). The minimum atomic E-state index is -0.0829. The molecule has 0 saturated heterocycles. The van der Waals surface area contributed by atoms with Crippen LogP contribution in [-0.2, 0) is 0 Å². The van der Waals surface area contributed by atoms with Crippen molar-refractivity contribution in [1.82, 2.24) is 20.1 Å². The Hall–Kier alpha value is -2.17. The van der Waals surface area contributed by atoms with Gasteiger partial charge in [0.15, 0.2) is 5.82 Å². The van der Waals surface area contributed by atoms with Gasteiger partial charge in [0.05, 0.1) is 5.56 Å². The number of amides is 1. The first kappa shape index (κ1) is 13.3. The van der Waals surface area contributed by atoms with E-state index in [1.807, 2.05) is 19.2 Å².